The Kier molecular flexibility index (Phi) is 3.68. The van der Waals surface area contributed by atoms with Crippen molar-refractivity contribution in [2.24, 2.45) is 0 Å². The van der Waals surface area contributed by atoms with Crippen LogP contribution in [0.15, 0.2) is 18.2 Å². The molecule has 1 aromatic carbocycles. The van der Waals surface area contributed by atoms with Gasteiger partial charge in [0.25, 0.3) is 5.24 Å². The standard InChI is InChI=1S/C10H10ClNO3/c1-2-15-10(14)6-3-4-7(9(11)13)8(12)5-6/h3-5H,2,12H2,1H3. The number of hydrogen-bond acceptors (Lipinski definition) is 4. The molecule has 2 N–H and O–H groups in total. The fourth-order valence-electron chi connectivity index (χ4n) is 1.08. The van der Waals surface area contributed by atoms with E-state index in [4.69, 9.17) is 22.1 Å². The Labute approximate surface area is 92.0 Å². The monoisotopic (exact) mass is 227 g/mol. The van der Waals surface area contributed by atoms with E-state index in [1.807, 2.05) is 0 Å². The molecule has 5 heteroatoms. The molecule has 0 saturated carbocycles. The van der Waals surface area contributed by atoms with Crippen molar-refractivity contribution in [3.63, 3.8) is 0 Å². The van der Waals surface area contributed by atoms with Crippen molar-refractivity contribution < 1.29 is 14.3 Å². The molecule has 0 aliphatic heterocycles. The Hall–Kier alpha value is -1.55. The second kappa shape index (κ2) is 4.79. The van der Waals surface area contributed by atoms with E-state index >= 15 is 0 Å². The molecule has 0 bridgehead atoms. The summed E-state index contributed by atoms with van der Waals surface area (Å²) in [4.78, 5) is 22.1. The molecule has 0 aromatic heterocycles. The number of carbonyl (C=O) groups is 2. The number of nitrogens with two attached hydrogens (primary N) is 1. The first-order chi connectivity index (χ1) is 7.06. The van der Waals surface area contributed by atoms with Crippen LogP contribution >= 0.6 is 11.6 Å². The number of hydrogen-bond donors (Lipinski definition) is 1. The van der Waals surface area contributed by atoms with Crippen LogP contribution in [0.4, 0.5) is 5.69 Å². The van der Waals surface area contributed by atoms with Crippen molar-refractivity contribution in [3.05, 3.63) is 29.3 Å². The van der Waals surface area contributed by atoms with Gasteiger partial charge in [0.15, 0.2) is 0 Å². The first-order valence-corrected chi connectivity index (χ1v) is 4.70. The summed E-state index contributed by atoms with van der Waals surface area (Å²) in [5.74, 6) is -0.474. The normalized spacial score (nSPS) is 9.73. The third-order valence-corrected chi connectivity index (χ3v) is 1.98. The van der Waals surface area contributed by atoms with Crippen molar-refractivity contribution >= 4 is 28.5 Å². The summed E-state index contributed by atoms with van der Waals surface area (Å²) >= 11 is 5.27. The molecular formula is C10H10ClNO3. The molecule has 0 spiro atoms. The molecule has 80 valence electrons. The lowest BCUT2D eigenvalue weighted by molar-refractivity contribution is 0.0526. The number of anilines is 1. The first-order valence-electron chi connectivity index (χ1n) is 4.32. The Morgan fingerprint density at radius 1 is 1.47 bits per heavy atom. The zero-order valence-electron chi connectivity index (χ0n) is 8.12. The zero-order valence-corrected chi connectivity index (χ0v) is 8.88. The van der Waals surface area contributed by atoms with Gasteiger partial charge >= 0.3 is 5.97 Å². The van der Waals surface area contributed by atoms with Crippen molar-refractivity contribution in [2.75, 3.05) is 12.3 Å². The lowest BCUT2D eigenvalue weighted by Gasteiger charge is -2.04. The van der Waals surface area contributed by atoms with Crippen LogP contribution < -0.4 is 5.73 Å². The Balaban J connectivity index is 3.01. The molecule has 0 aliphatic rings. The van der Waals surface area contributed by atoms with Gasteiger partial charge in [0.1, 0.15) is 0 Å². The quantitative estimate of drug-likeness (QED) is 0.486. The number of ether oxygens (including phenoxy) is 1. The van der Waals surface area contributed by atoms with E-state index in [1.54, 1.807) is 6.92 Å². The van der Waals surface area contributed by atoms with Crippen molar-refractivity contribution in [1.29, 1.82) is 0 Å². The van der Waals surface area contributed by atoms with Crippen molar-refractivity contribution in [3.8, 4) is 0 Å². The first kappa shape index (κ1) is 11.5. The summed E-state index contributed by atoms with van der Waals surface area (Å²) in [6.07, 6.45) is 0. The average Bonchev–Trinajstić information content (AvgIpc) is 2.17. The van der Waals surface area contributed by atoms with E-state index in [0.717, 1.165) is 0 Å². The van der Waals surface area contributed by atoms with E-state index in [-0.39, 0.29) is 17.9 Å². The largest absolute Gasteiger partial charge is 0.462 e. The van der Waals surface area contributed by atoms with Gasteiger partial charge in [-0.15, -0.1) is 0 Å². The number of esters is 1. The van der Waals surface area contributed by atoms with Gasteiger partial charge in [-0.25, -0.2) is 4.79 Å². The molecule has 0 atom stereocenters. The topological polar surface area (TPSA) is 69.4 Å². The highest BCUT2D eigenvalue weighted by molar-refractivity contribution is 6.68. The van der Waals surface area contributed by atoms with Gasteiger partial charge in [0, 0.05) is 5.69 Å². The predicted molar refractivity (Wildman–Crippen MR) is 57.0 cm³/mol. The maximum atomic E-state index is 11.3. The highest BCUT2D eigenvalue weighted by atomic mass is 35.5. The summed E-state index contributed by atoms with van der Waals surface area (Å²) in [5.41, 5.74) is 6.20. The van der Waals surface area contributed by atoms with Crippen molar-refractivity contribution in [1.82, 2.24) is 0 Å². The number of nitrogen functional groups attached to an aromatic ring is 1. The molecule has 1 aromatic rings. The Bertz CT molecular complexity index is 404. The Morgan fingerprint density at radius 2 is 2.13 bits per heavy atom. The Morgan fingerprint density at radius 3 is 2.60 bits per heavy atom. The van der Waals surface area contributed by atoms with Gasteiger partial charge in [-0.1, -0.05) is 0 Å². The molecule has 0 fully saturated rings. The molecule has 0 aliphatic carbocycles. The maximum absolute atomic E-state index is 11.3. The fraction of sp³-hybridized carbons (Fsp3) is 0.200. The van der Waals surface area contributed by atoms with Gasteiger partial charge in [-0.3, -0.25) is 4.79 Å². The molecule has 0 saturated heterocycles. The van der Waals surface area contributed by atoms with Crippen LogP contribution in [0.2, 0.25) is 0 Å². The molecule has 4 nitrogen and oxygen atoms in total. The lowest BCUT2D eigenvalue weighted by atomic mass is 10.1. The molecule has 0 amide bonds. The highest BCUT2D eigenvalue weighted by Crippen LogP contribution is 2.17. The van der Waals surface area contributed by atoms with Crippen LogP contribution in [0.5, 0.6) is 0 Å². The molecule has 1 rings (SSSR count). The predicted octanol–water partition coefficient (Wildman–Crippen LogP) is 1.82. The fourth-order valence-corrected chi connectivity index (χ4v) is 1.26. The number of rotatable bonds is 3. The molecule has 15 heavy (non-hydrogen) atoms. The minimum Gasteiger partial charge on any atom is -0.462 e. The van der Waals surface area contributed by atoms with Crippen LogP contribution in [0, 0.1) is 0 Å². The van der Waals surface area contributed by atoms with E-state index in [1.165, 1.54) is 18.2 Å². The lowest BCUT2D eigenvalue weighted by Crippen LogP contribution is -2.07. The summed E-state index contributed by atoms with van der Waals surface area (Å²) in [6, 6.07) is 4.22. The van der Waals surface area contributed by atoms with E-state index < -0.39 is 11.2 Å². The van der Waals surface area contributed by atoms with E-state index in [9.17, 15) is 9.59 Å². The molecule has 0 radical (unpaired) electrons. The SMILES string of the molecule is CCOC(=O)c1ccc(C(=O)Cl)c(N)c1. The third-order valence-electron chi connectivity index (χ3n) is 1.77. The van der Waals surface area contributed by atoms with Gasteiger partial charge < -0.3 is 10.5 Å². The van der Waals surface area contributed by atoms with E-state index in [2.05, 4.69) is 0 Å². The minimum atomic E-state index is -0.650. The number of carbonyl (C=O) groups excluding carboxylic acids is 2. The number of halogens is 1. The summed E-state index contributed by atoms with van der Waals surface area (Å²) in [7, 11) is 0. The average molecular weight is 228 g/mol. The maximum Gasteiger partial charge on any atom is 0.338 e. The third kappa shape index (κ3) is 2.70. The van der Waals surface area contributed by atoms with Crippen molar-refractivity contribution in [2.45, 2.75) is 6.92 Å². The van der Waals surface area contributed by atoms with Gasteiger partial charge in [-0.05, 0) is 36.7 Å². The van der Waals surface area contributed by atoms with Gasteiger partial charge in [0.05, 0.1) is 17.7 Å². The van der Waals surface area contributed by atoms with Crippen LogP contribution in [-0.4, -0.2) is 17.8 Å². The summed E-state index contributed by atoms with van der Waals surface area (Å²) < 4.78 is 4.77. The number of benzene rings is 1. The summed E-state index contributed by atoms with van der Waals surface area (Å²) in [6.45, 7) is 1.99. The molecule has 0 unspecified atom stereocenters. The van der Waals surface area contributed by atoms with Crippen LogP contribution in [0.3, 0.4) is 0 Å². The van der Waals surface area contributed by atoms with Crippen LogP contribution in [-0.2, 0) is 4.74 Å². The minimum absolute atomic E-state index is 0.167. The van der Waals surface area contributed by atoms with Gasteiger partial charge in [0.2, 0.25) is 0 Å². The van der Waals surface area contributed by atoms with Gasteiger partial charge in [-0.2, -0.15) is 0 Å². The van der Waals surface area contributed by atoms with Crippen LogP contribution in [0.25, 0.3) is 0 Å². The highest BCUT2D eigenvalue weighted by Gasteiger charge is 2.11. The van der Waals surface area contributed by atoms with E-state index in [0.29, 0.717) is 5.56 Å². The molecule has 0 heterocycles. The smallest absolute Gasteiger partial charge is 0.338 e. The summed E-state index contributed by atoms with van der Waals surface area (Å²) in [5, 5.41) is -0.650. The zero-order chi connectivity index (χ0) is 11.4. The second-order valence-corrected chi connectivity index (χ2v) is 3.14. The van der Waals surface area contributed by atoms with Crippen LogP contribution in [0.1, 0.15) is 27.6 Å². The molecular weight excluding hydrogens is 218 g/mol. The second-order valence-electron chi connectivity index (χ2n) is 2.80.